The molecule has 0 aliphatic heterocycles. The van der Waals surface area contributed by atoms with Crippen molar-refractivity contribution in [2.24, 2.45) is 0 Å². The maximum absolute atomic E-state index is 3.84. The summed E-state index contributed by atoms with van der Waals surface area (Å²) in [5, 5.41) is 0. The zero-order chi connectivity index (χ0) is 26.7. The Labute approximate surface area is 229 Å². The van der Waals surface area contributed by atoms with E-state index in [-0.39, 0.29) is 0 Å². The molecule has 0 aromatic heterocycles. The first-order chi connectivity index (χ1) is 18.2. The average Bonchev–Trinajstić information content (AvgIpc) is 3.54. The number of aryl methyl sites for hydroxylation is 2. The summed E-state index contributed by atoms with van der Waals surface area (Å²) in [7, 11) is 0. The summed E-state index contributed by atoms with van der Waals surface area (Å²) in [6, 6.07) is 31.9. The van der Waals surface area contributed by atoms with Gasteiger partial charge in [0.1, 0.15) is 0 Å². The van der Waals surface area contributed by atoms with E-state index < -0.39 is 18.0 Å². The second-order valence-corrected chi connectivity index (χ2v) is 39.5. The summed E-state index contributed by atoms with van der Waals surface area (Å²) in [5.41, 5.74) is 13.9. The minimum atomic E-state index is -3.84. The summed E-state index contributed by atoms with van der Waals surface area (Å²) in [6.07, 6.45) is 10.0. The van der Waals surface area contributed by atoms with Crippen LogP contribution in [0.15, 0.2) is 97.1 Å². The summed E-state index contributed by atoms with van der Waals surface area (Å²) in [5.74, 6) is 0. The molecule has 0 radical (unpaired) electrons. The van der Waals surface area contributed by atoms with Gasteiger partial charge in [0.15, 0.2) is 0 Å². The predicted octanol–water partition coefficient (Wildman–Crippen LogP) is 10.5. The molecule has 4 aromatic carbocycles. The number of allylic oxidation sites excluding steroid dienone is 2. The first kappa shape index (κ1) is 25.4. The van der Waals surface area contributed by atoms with E-state index in [1.807, 2.05) is 0 Å². The zero-order valence-electron chi connectivity index (χ0n) is 23.5. The summed E-state index contributed by atoms with van der Waals surface area (Å²) in [6.45, 7) is 9.24. The summed E-state index contributed by atoms with van der Waals surface area (Å²) in [4.78, 5) is 0. The Morgan fingerprint density at radius 1 is 0.579 bits per heavy atom. The van der Waals surface area contributed by atoms with E-state index in [9.17, 15) is 0 Å². The van der Waals surface area contributed by atoms with E-state index in [1.165, 1.54) is 55.6 Å². The fourth-order valence-corrected chi connectivity index (χ4v) is 26.7. The Morgan fingerprint density at radius 2 is 1.00 bits per heavy atom. The molecule has 0 amide bonds. The Bertz CT molecular complexity index is 1600. The van der Waals surface area contributed by atoms with Gasteiger partial charge in [-0.2, -0.15) is 0 Å². The third-order valence-corrected chi connectivity index (χ3v) is 38.7. The summed E-state index contributed by atoms with van der Waals surface area (Å²) >= 11 is -3.84. The van der Waals surface area contributed by atoms with Gasteiger partial charge in [0.2, 0.25) is 0 Å². The molecule has 6 rings (SSSR count). The van der Waals surface area contributed by atoms with Gasteiger partial charge < -0.3 is 0 Å². The van der Waals surface area contributed by atoms with Crippen LogP contribution in [0.4, 0.5) is 0 Å². The molecule has 0 saturated heterocycles. The molecule has 2 unspecified atom stereocenters. The van der Waals surface area contributed by atoms with Crippen LogP contribution in [-0.2, 0) is 18.0 Å². The van der Waals surface area contributed by atoms with Crippen LogP contribution in [0.3, 0.4) is 0 Å². The molecule has 0 spiro atoms. The monoisotopic (exact) mass is 662 g/mol. The molecule has 1 heteroatoms. The van der Waals surface area contributed by atoms with E-state index >= 15 is 0 Å². The quantitative estimate of drug-likeness (QED) is 0.191. The van der Waals surface area contributed by atoms with Gasteiger partial charge in [-0.3, -0.25) is 0 Å². The number of hydrogen-bond acceptors (Lipinski definition) is 0. The van der Waals surface area contributed by atoms with Gasteiger partial charge >= 0.3 is 231 Å². The van der Waals surface area contributed by atoms with E-state index in [0.29, 0.717) is 7.35 Å². The van der Waals surface area contributed by atoms with Gasteiger partial charge in [-0.1, -0.05) is 0 Å². The van der Waals surface area contributed by atoms with Crippen LogP contribution in [0.2, 0.25) is 9.36 Å². The Balaban J connectivity index is 1.51. The predicted molar refractivity (Wildman–Crippen MR) is 165 cm³/mol. The van der Waals surface area contributed by atoms with Crippen molar-refractivity contribution in [2.45, 2.75) is 44.4 Å². The third-order valence-electron chi connectivity index (χ3n) is 10.0. The van der Waals surface area contributed by atoms with Crippen LogP contribution < -0.4 is 0 Å². The number of hydrogen-bond donors (Lipinski definition) is 0. The van der Waals surface area contributed by atoms with Crippen molar-refractivity contribution in [1.82, 2.24) is 0 Å². The van der Waals surface area contributed by atoms with Gasteiger partial charge in [-0.05, 0) is 0 Å². The Morgan fingerprint density at radius 3 is 1.39 bits per heavy atom. The fraction of sp³-hybridized carbons (Fsp3) is 0.216. The van der Waals surface area contributed by atoms with Crippen molar-refractivity contribution < 1.29 is 18.0 Å². The zero-order valence-corrected chi connectivity index (χ0v) is 27.1. The van der Waals surface area contributed by atoms with Crippen molar-refractivity contribution in [3.8, 4) is 22.3 Å². The normalized spacial score (nSPS) is 18.0. The van der Waals surface area contributed by atoms with Gasteiger partial charge in [0.25, 0.3) is 0 Å². The Hall–Kier alpha value is -2.90. The second-order valence-electron chi connectivity index (χ2n) is 12.6. The average molecular weight is 661 g/mol. The topological polar surface area (TPSA) is 0 Å². The van der Waals surface area contributed by atoms with E-state index in [1.54, 1.807) is 3.26 Å². The minimum absolute atomic E-state index is 0.486. The molecule has 0 N–H and O–H groups in total. The molecule has 0 heterocycles. The first-order valence-electron chi connectivity index (χ1n) is 13.9. The van der Waals surface area contributed by atoms with Crippen LogP contribution in [0, 0.1) is 13.8 Å². The summed E-state index contributed by atoms with van der Waals surface area (Å²) < 4.78 is 8.09. The maximum atomic E-state index is 2.72. The first-order valence-corrected chi connectivity index (χ1v) is 27.1. The van der Waals surface area contributed by atoms with Gasteiger partial charge in [0.05, 0.1) is 0 Å². The van der Waals surface area contributed by atoms with Gasteiger partial charge in [0, 0.05) is 0 Å². The van der Waals surface area contributed by atoms with Crippen LogP contribution >= 0.6 is 0 Å². The van der Waals surface area contributed by atoms with Crippen LogP contribution in [0.25, 0.3) is 34.4 Å². The third kappa shape index (κ3) is 3.77. The van der Waals surface area contributed by atoms with Crippen molar-refractivity contribution in [3.63, 3.8) is 0 Å². The molecule has 0 nitrogen and oxygen atoms in total. The van der Waals surface area contributed by atoms with Crippen LogP contribution in [0.1, 0.15) is 54.6 Å². The second kappa shape index (κ2) is 9.09. The molecule has 2 atom stereocenters. The molecule has 0 fully saturated rings. The molecular weight excluding hydrogens is 623 g/mol. The molecule has 2 aliphatic carbocycles. The molecule has 38 heavy (non-hydrogen) atoms. The molecule has 190 valence electrons. The van der Waals surface area contributed by atoms with Crippen molar-refractivity contribution in [1.29, 1.82) is 0 Å². The molecule has 4 aromatic rings. The van der Waals surface area contributed by atoms with Crippen molar-refractivity contribution in [3.05, 3.63) is 130 Å². The van der Waals surface area contributed by atoms with Gasteiger partial charge in [-0.15, -0.1) is 0 Å². The van der Waals surface area contributed by atoms with Crippen LogP contribution in [-0.4, -0.2) is 3.26 Å². The van der Waals surface area contributed by atoms with Gasteiger partial charge in [-0.25, -0.2) is 0 Å². The van der Waals surface area contributed by atoms with E-state index in [2.05, 4.69) is 146 Å². The molecule has 0 bridgehead atoms. The van der Waals surface area contributed by atoms with Crippen molar-refractivity contribution in [2.75, 3.05) is 0 Å². The molecule has 2 aliphatic rings. The Kier molecular flexibility index (Phi) is 6.07. The molecular formula is C37H38Hf. The SMILES string of the molecule is C[C](C)=[Hf]([CH3])([CH3])([CH]1C=Cc2c(-c3cccc(C)c3)cccc21)[CH]1C=Cc2c(-c3cccc(C)c3)cccc21. The van der Waals surface area contributed by atoms with Crippen LogP contribution in [0.5, 0.6) is 0 Å². The van der Waals surface area contributed by atoms with E-state index in [4.69, 9.17) is 0 Å². The number of benzene rings is 4. The van der Waals surface area contributed by atoms with E-state index in [0.717, 1.165) is 0 Å². The molecule has 0 saturated carbocycles. The fourth-order valence-electron chi connectivity index (χ4n) is 7.17. The van der Waals surface area contributed by atoms with Crippen molar-refractivity contribution >= 4 is 15.4 Å². The number of rotatable bonds is 4. The standard InChI is InChI=1S/2C16H13.C3H6.2CH3.Hf/c2*1-12-5-2-8-14(11-12)16-10-4-7-13-6-3-9-15(13)16;1-3-2;;;/h2*2-11H,1H3;1-2H3;2*1H3;. The number of fused-ring (bicyclic) bond motifs is 2.